The second-order valence-electron chi connectivity index (χ2n) is 4.62. The first-order valence-corrected chi connectivity index (χ1v) is 6.70. The second-order valence-corrected chi connectivity index (χ2v) is 4.62. The van der Waals surface area contributed by atoms with Gasteiger partial charge in [0.2, 0.25) is 5.95 Å². The summed E-state index contributed by atoms with van der Waals surface area (Å²) in [5.41, 5.74) is 9.73. The van der Waals surface area contributed by atoms with Crippen LogP contribution in [-0.4, -0.2) is 19.9 Å². The lowest BCUT2D eigenvalue weighted by Crippen LogP contribution is -2.02. The first-order valence-electron chi connectivity index (χ1n) is 6.70. The van der Waals surface area contributed by atoms with Gasteiger partial charge in [-0.15, -0.1) is 0 Å². The highest BCUT2D eigenvalue weighted by Crippen LogP contribution is 2.23. The molecule has 0 bridgehead atoms. The Morgan fingerprint density at radius 3 is 2.50 bits per heavy atom. The van der Waals surface area contributed by atoms with Crippen molar-refractivity contribution in [3.8, 4) is 23.1 Å². The fourth-order valence-corrected chi connectivity index (χ4v) is 2.03. The molecule has 3 aromatic rings. The molecule has 0 spiro atoms. The number of aromatic nitrogens is 4. The van der Waals surface area contributed by atoms with E-state index in [9.17, 15) is 0 Å². The second kappa shape index (κ2) is 6.02. The minimum atomic E-state index is 0.233. The van der Waals surface area contributed by atoms with Crippen LogP contribution in [0.5, 0.6) is 0 Å². The predicted molar refractivity (Wildman–Crippen MR) is 84.6 cm³/mol. The molecule has 2 N–H and O–H groups in total. The number of hydrogen-bond donors (Lipinski definition) is 1. The van der Waals surface area contributed by atoms with Gasteiger partial charge in [0, 0.05) is 35.9 Å². The molecule has 106 valence electrons. The van der Waals surface area contributed by atoms with Crippen LogP contribution in [0.2, 0.25) is 0 Å². The van der Waals surface area contributed by atoms with Gasteiger partial charge in [-0.1, -0.05) is 11.8 Å². The van der Waals surface area contributed by atoms with Crippen molar-refractivity contribution in [3.05, 3.63) is 65.9 Å². The molecule has 0 atom stereocenters. The number of nitrogens with two attached hydrogens (primary N) is 1. The van der Waals surface area contributed by atoms with Crippen molar-refractivity contribution in [2.45, 2.75) is 6.92 Å². The summed E-state index contributed by atoms with van der Waals surface area (Å²) in [7, 11) is 0. The molecule has 0 aromatic carbocycles. The van der Waals surface area contributed by atoms with Gasteiger partial charge in [-0.3, -0.25) is 9.97 Å². The van der Waals surface area contributed by atoms with Crippen LogP contribution in [-0.2, 0) is 0 Å². The van der Waals surface area contributed by atoms with Crippen molar-refractivity contribution in [3.63, 3.8) is 0 Å². The van der Waals surface area contributed by atoms with Crippen molar-refractivity contribution in [1.29, 1.82) is 0 Å². The van der Waals surface area contributed by atoms with E-state index >= 15 is 0 Å². The summed E-state index contributed by atoms with van der Waals surface area (Å²) < 4.78 is 0. The smallest absolute Gasteiger partial charge is 0.220 e. The predicted octanol–water partition coefficient (Wildman–Crippen LogP) is 2.22. The molecule has 3 aromatic heterocycles. The van der Waals surface area contributed by atoms with Crippen molar-refractivity contribution in [2.24, 2.45) is 0 Å². The van der Waals surface area contributed by atoms with Gasteiger partial charge in [0.25, 0.3) is 0 Å². The Balaban J connectivity index is 2.14. The van der Waals surface area contributed by atoms with E-state index in [1.165, 1.54) is 0 Å². The number of rotatable bonds is 1. The molecule has 3 rings (SSSR count). The van der Waals surface area contributed by atoms with E-state index in [0.29, 0.717) is 5.69 Å². The fraction of sp³-hybridized carbons (Fsp3) is 0.0588. The minimum absolute atomic E-state index is 0.233. The number of aryl methyl sites for hydroxylation is 1. The van der Waals surface area contributed by atoms with Crippen LogP contribution in [0, 0.1) is 18.8 Å². The van der Waals surface area contributed by atoms with Crippen LogP contribution in [0.25, 0.3) is 11.3 Å². The van der Waals surface area contributed by atoms with Crippen LogP contribution in [0.3, 0.4) is 0 Å². The molecule has 5 heteroatoms. The SMILES string of the molecule is Cc1nc(N)nc(-c2ccncc2)c1C#Cc1cccnc1. The molecule has 0 radical (unpaired) electrons. The van der Waals surface area contributed by atoms with E-state index in [1.807, 2.05) is 31.2 Å². The Kier molecular flexibility index (Phi) is 3.75. The van der Waals surface area contributed by atoms with Gasteiger partial charge >= 0.3 is 0 Å². The molecule has 0 aliphatic rings. The number of pyridine rings is 2. The van der Waals surface area contributed by atoms with Crippen LogP contribution in [0.15, 0.2) is 49.1 Å². The standard InChI is InChI=1S/C17H13N5/c1-12-15(5-4-13-3-2-8-20-11-13)16(22-17(18)21-12)14-6-9-19-10-7-14/h2-3,6-11H,1H3,(H2,18,21,22). The van der Waals surface area contributed by atoms with Crippen LogP contribution < -0.4 is 5.73 Å². The zero-order chi connectivity index (χ0) is 15.4. The van der Waals surface area contributed by atoms with Crippen LogP contribution in [0.1, 0.15) is 16.8 Å². The minimum Gasteiger partial charge on any atom is -0.368 e. The third-order valence-electron chi connectivity index (χ3n) is 3.05. The molecule has 0 aliphatic heterocycles. The Bertz CT molecular complexity index is 849. The average Bonchev–Trinajstić information content (AvgIpc) is 2.55. The lowest BCUT2D eigenvalue weighted by Gasteiger charge is -2.07. The van der Waals surface area contributed by atoms with Crippen LogP contribution in [0.4, 0.5) is 5.95 Å². The summed E-state index contributed by atoms with van der Waals surface area (Å²) >= 11 is 0. The molecular formula is C17H13N5. The molecule has 3 heterocycles. The molecule has 0 saturated carbocycles. The highest BCUT2D eigenvalue weighted by atomic mass is 15.0. The van der Waals surface area contributed by atoms with Gasteiger partial charge in [0.1, 0.15) is 0 Å². The normalized spacial score (nSPS) is 9.86. The molecule has 0 aliphatic carbocycles. The van der Waals surface area contributed by atoms with Gasteiger partial charge < -0.3 is 5.73 Å². The Hall–Kier alpha value is -3.26. The number of nitrogens with zero attached hydrogens (tertiary/aromatic N) is 4. The van der Waals surface area contributed by atoms with E-state index in [2.05, 4.69) is 31.8 Å². The maximum absolute atomic E-state index is 5.78. The molecule has 22 heavy (non-hydrogen) atoms. The Morgan fingerprint density at radius 1 is 0.955 bits per heavy atom. The molecule has 0 fully saturated rings. The zero-order valence-corrected chi connectivity index (χ0v) is 12.0. The molecular weight excluding hydrogens is 274 g/mol. The lowest BCUT2D eigenvalue weighted by molar-refractivity contribution is 1.11. The molecule has 0 saturated heterocycles. The van der Waals surface area contributed by atoms with Gasteiger partial charge in [-0.05, 0) is 31.2 Å². The molecule has 0 unspecified atom stereocenters. The van der Waals surface area contributed by atoms with Crippen molar-refractivity contribution in [1.82, 2.24) is 19.9 Å². The summed E-state index contributed by atoms with van der Waals surface area (Å²) in [5.74, 6) is 6.45. The number of anilines is 1. The Morgan fingerprint density at radius 2 is 1.77 bits per heavy atom. The van der Waals surface area contributed by atoms with Gasteiger partial charge in [-0.25, -0.2) is 9.97 Å². The fourth-order valence-electron chi connectivity index (χ4n) is 2.03. The average molecular weight is 287 g/mol. The summed E-state index contributed by atoms with van der Waals surface area (Å²) in [6.07, 6.45) is 6.85. The van der Waals surface area contributed by atoms with Crippen molar-refractivity contribution >= 4 is 5.95 Å². The number of hydrogen-bond acceptors (Lipinski definition) is 5. The summed E-state index contributed by atoms with van der Waals surface area (Å²) in [4.78, 5) is 16.6. The number of nitrogen functional groups attached to an aromatic ring is 1. The van der Waals surface area contributed by atoms with E-state index < -0.39 is 0 Å². The van der Waals surface area contributed by atoms with Crippen molar-refractivity contribution in [2.75, 3.05) is 5.73 Å². The van der Waals surface area contributed by atoms with Gasteiger partial charge in [-0.2, -0.15) is 0 Å². The molecule has 5 nitrogen and oxygen atoms in total. The quantitative estimate of drug-likeness (QED) is 0.694. The third kappa shape index (κ3) is 2.91. The van der Waals surface area contributed by atoms with E-state index in [4.69, 9.17) is 5.73 Å². The van der Waals surface area contributed by atoms with Crippen LogP contribution >= 0.6 is 0 Å². The maximum atomic E-state index is 5.78. The maximum Gasteiger partial charge on any atom is 0.220 e. The first kappa shape index (κ1) is 13.7. The highest BCUT2D eigenvalue weighted by Gasteiger charge is 2.10. The first-order chi connectivity index (χ1) is 10.7. The topological polar surface area (TPSA) is 77.6 Å². The highest BCUT2D eigenvalue weighted by molar-refractivity contribution is 5.69. The third-order valence-corrected chi connectivity index (χ3v) is 3.05. The monoisotopic (exact) mass is 287 g/mol. The van der Waals surface area contributed by atoms with Gasteiger partial charge in [0.15, 0.2) is 0 Å². The van der Waals surface area contributed by atoms with Gasteiger partial charge in [0.05, 0.1) is 17.0 Å². The summed E-state index contributed by atoms with van der Waals surface area (Å²) in [5, 5.41) is 0. The summed E-state index contributed by atoms with van der Waals surface area (Å²) in [6.45, 7) is 1.87. The van der Waals surface area contributed by atoms with E-state index in [1.54, 1.807) is 24.8 Å². The largest absolute Gasteiger partial charge is 0.368 e. The summed E-state index contributed by atoms with van der Waals surface area (Å²) in [6, 6.07) is 7.49. The van der Waals surface area contributed by atoms with E-state index in [0.717, 1.165) is 22.4 Å². The Labute approximate surface area is 128 Å². The zero-order valence-electron chi connectivity index (χ0n) is 12.0. The van der Waals surface area contributed by atoms with Crippen molar-refractivity contribution < 1.29 is 0 Å². The van der Waals surface area contributed by atoms with E-state index in [-0.39, 0.29) is 5.95 Å². The lowest BCUT2D eigenvalue weighted by atomic mass is 10.1. The molecule has 0 amide bonds.